The van der Waals surface area contributed by atoms with E-state index in [1.54, 1.807) is 10.7 Å². The molecule has 1 aromatic heterocycles. The monoisotopic (exact) mass is 371 g/mol. The van der Waals surface area contributed by atoms with Crippen LogP contribution >= 0.6 is 0 Å². The Labute approximate surface area is 156 Å². The lowest BCUT2D eigenvalue weighted by Gasteiger charge is -2.12. The quantitative estimate of drug-likeness (QED) is 0.866. The van der Waals surface area contributed by atoms with Crippen LogP contribution in [-0.2, 0) is 17.6 Å². The summed E-state index contributed by atoms with van der Waals surface area (Å²) in [6, 6.07) is 4.82. The number of nitrogens with one attached hydrogen (secondary N) is 1. The minimum Gasteiger partial charge on any atom is -0.481 e. The van der Waals surface area contributed by atoms with Gasteiger partial charge in [-0.2, -0.15) is 5.10 Å². The van der Waals surface area contributed by atoms with Crippen molar-refractivity contribution in [3.05, 3.63) is 46.5 Å². The molecule has 4 rings (SSSR count). The van der Waals surface area contributed by atoms with Crippen molar-refractivity contribution in [2.45, 2.75) is 51.5 Å². The summed E-state index contributed by atoms with van der Waals surface area (Å²) in [5.74, 6) is -1.87. The van der Waals surface area contributed by atoms with Crippen molar-refractivity contribution in [2.75, 3.05) is 0 Å². The van der Waals surface area contributed by atoms with Gasteiger partial charge in [0, 0.05) is 17.3 Å². The van der Waals surface area contributed by atoms with Gasteiger partial charge in [0.2, 0.25) is 0 Å². The fraction of sp³-hybridized carbons (Fsp3) is 0.450. The van der Waals surface area contributed by atoms with E-state index >= 15 is 0 Å². The molecule has 1 fully saturated rings. The van der Waals surface area contributed by atoms with Crippen molar-refractivity contribution in [3.8, 4) is 5.69 Å². The number of carboxylic acid groups (broad SMARTS) is 1. The Bertz CT molecular complexity index is 921. The predicted octanol–water partition coefficient (Wildman–Crippen LogP) is 2.79. The highest BCUT2D eigenvalue weighted by Crippen LogP contribution is 2.30. The third-order valence-electron chi connectivity index (χ3n) is 5.59. The fourth-order valence-corrected chi connectivity index (χ4v) is 4.19. The predicted molar refractivity (Wildman–Crippen MR) is 96.5 cm³/mol. The molecule has 2 atom stereocenters. The Morgan fingerprint density at radius 3 is 2.81 bits per heavy atom. The van der Waals surface area contributed by atoms with E-state index in [4.69, 9.17) is 5.11 Å². The summed E-state index contributed by atoms with van der Waals surface area (Å²) in [7, 11) is 0. The number of benzene rings is 1. The first kappa shape index (κ1) is 17.7. The first-order valence-electron chi connectivity index (χ1n) is 9.35. The molecule has 0 spiro atoms. The van der Waals surface area contributed by atoms with Gasteiger partial charge in [0.25, 0.3) is 5.91 Å². The summed E-state index contributed by atoms with van der Waals surface area (Å²) in [5, 5.41) is 16.5. The maximum absolute atomic E-state index is 14.4. The molecule has 1 heterocycles. The minimum atomic E-state index is -0.813. The Balaban J connectivity index is 1.61. The van der Waals surface area contributed by atoms with Crippen molar-refractivity contribution in [1.29, 1.82) is 0 Å². The summed E-state index contributed by atoms with van der Waals surface area (Å²) in [4.78, 5) is 23.9. The third-order valence-corrected chi connectivity index (χ3v) is 5.59. The number of nitrogens with zero attached hydrogens (tertiary/aromatic N) is 2. The number of carbonyl (C=O) groups is 2. The SMILES string of the molecule is Cc1ccc(-n2nc(C(=O)N[C@H]3CC[C@@H](C(=O)O)C3)c3c2CCC3)c(F)c1. The number of amides is 1. The van der Waals surface area contributed by atoms with Crippen molar-refractivity contribution in [1.82, 2.24) is 15.1 Å². The number of hydrogen-bond donors (Lipinski definition) is 2. The molecule has 1 saturated carbocycles. The van der Waals surface area contributed by atoms with Crippen molar-refractivity contribution < 1.29 is 19.1 Å². The molecule has 27 heavy (non-hydrogen) atoms. The van der Waals surface area contributed by atoms with E-state index in [0.717, 1.165) is 36.1 Å². The standard InChI is InChI=1S/C20H22FN3O3/c1-11-5-8-17(15(21)9-11)24-16-4-2-3-14(16)18(23-24)19(25)22-13-7-6-12(10-13)20(26)27/h5,8-9,12-13H,2-4,6-7,10H2,1H3,(H,22,25)(H,26,27)/t12-,13+/m1/s1. The summed E-state index contributed by atoms with van der Waals surface area (Å²) >= 11 is 0. The van der Waals surface area contributed by atoms with Gasteiger partial charge in [0.05, 0.1) is 5.92 Å². The topological polar surface area (TPSA) is 84.2 Å². The average Bonchev–Trinajstić information content (AvgIpc) is 3.31. The van der Waals surface area contributed by atoms with Gasteiger partial charge in [-0.15, -0.1) is 0 Å². The van der Waals surface area contributed by atoms with E-state index < -0.39 is 11.9 Å². The number of fused-ring (bicyclic) bond motifs is 1. The van der Waals surface area contributed by atoms with Gasteiger partial charge >= 0.3 is 5.97 Å². The number of halogens is 1. The van der Waals surface area contributed by atoms with Gasteiger partial charge in [-0.25, -0.2) is 9.07 Å². The maximum atomic E-state index is 14.4. The normalized spacial score (nSPS) is 21.3. The molecular weight excluding hydrogens is 349 g/mol. The molecule has 0 radical (unpaired) electrons. The summed E-state index contributed by atoms with van der Waals surface area (Å²) in [6.45, 7) is 1.82. The van der Waals surface area contributed by atoms with Crippen LogP contribution in [0.2, 0.25) is 0 Å². The molecule has 1 amide bonds. The zero-order valence-electron chi connectivity index (χ0n) is 15.2. The van der Waals surface area contributed by atoms with Crippen LogP contribution in [0.15, 0.2) is 18.2 Å². The van der Waals surface area contributed by atoms with Crippen LogP contribution in [0.25, 0.3) is 5.69 Å². The number of aryl methyl sites for hydroxylation is 1. The second-order valence-corrected chi connectivity index (χ2v) is 7.51. The molecule has 0 bridgehead atoms. The maximum Gasteiger partial charge on any atom is 0.306 e. The Kier molecular flexibility index (Phi) is 4.45. The number of aliphatic carboxylic acids is 1. The molecule has 6 nitrogen and oxygen atoms in total. The first-order valence-corrected chi connectivity index (χ1v) is 9.35. The highest BCUT2D eigenvalue weighted by molar-refractivity contribution is 5.94. The zero-order chi connectivity index (χ0) is 19.1. The summed E-state index contributed by atoms with van der Waals surface area (Å²) in [5.41, 5.74) is 3.27. The van der Waals surface area contributed by atoms with Crippen LogP contribution in [-0.4, -0.2) is 32.8 Å². The van der Waals surface area contributed by atoms with Crippen LogP contribution in [0.5, 0.6) is 0 Å². The highest BCUT2D eigenvalue weighted by atomic mass is 19.1. The van der Waals surface area contributed by atoms with Crippen molar-refractivity contribution in [2.24, 2.45) is 5.92 Å². The van der Waals surface area contributed by atoms with Gasteiger partial charge in [-0.3, -0.25) is 9.59 Å². The van der Waals surface area contributed by atoms with Crippen LogP contribution in [0.4, 0.5) is 4.39 Å². The smallest absolute Gasteiger partial charge is 0.306 e. The summed E-state index contributed by atoms with van der Waals surface area (Å²) < 4.78 is 16.0. The number of carboxylic acids is 1. The minimum absolute atomic E-state index is 0.156. The van der Waals surface area contributed by atoms with E-state index in [-0.39, 0.29) is 17.8 Å². The largest absolute Gasteiger partial charge is 0.481 e. The van der Waals surface area contributed by atoms with Crippen LogP contribution < -0.4 is 5.32 Å². The lowest BCUT2D eigenvalue weighted by Crippen LogP contribution is -2.34. The number of carbonyl (C=O) groups excluding carboxylic acids is 1. The number of rotatable bonds is 4. The zero-order valence-corrected chi connectivity index (χ0v) is 15.2. The first-order chi connectivity index (χ1) is 12.9. The number of hydrogen-bond acceptors (Lipinski definition) is 3. The lowest BCUT2D eigenvalue weighted by atomic mass is 10.1. The Morgan fingerprint density at radius 2 is 2.11 bits per heavy atom. The van der Waals surface area contributed by atoms with Gasteiger partial charge in [-0.05, 0) is 63.1 Å². The Hall–Kier alpha value is -2.70. The molecule has 0 unspecified atom stereocenters. The number of aromatic nitrogens is 2. The van der Waals surface area contributed by atoms with Gasteiger partial charge in [0.15, 0.2) is 5.69 Å². The van der Waals surface area contributed by atoms with E-state index in [0.29, 0.717) is 30.6 Å². The second kappa shape index (κ2) is 6.79. The average molecular weight is 371 g/mol. The van der Waals surface area contributed by atoms with E-state index in [9.17, 15) is 14.0 Å². The van der Waals surface area contributed by atoms with Gasteiger partial charge in [0.1, 0.15) is 11.5 Å². The Morgan fingerprint density at radius 1 is 1.30 bits per heavy atom. The van der Waals surface area contributed by atoms with Crippen molar-refractivity contribution in [3.63, 3.8) is 0 Å². The molecule has 2 aliphatic carbocycles. The van der Waals surface area contributed by atoms with E-state index in [2.05, 4.69) is 10.4 Å². The van der Waals surface area contributed by atoms with E-state index in [1.165, 1.54) is 6.07 Å². The van der Waals surface area contributed by atoms with Crippen LogP contribution in [0.3, 0.4) is 0 Å². The molecule has 0 saturated heterocycles. The summed E-state index contributed by atoms with van der Waals surface area (Å²) in [6.07, 6.45) is 4.07. The molecule has 7 heteroatoms. The third kappa shape index (κ3) is 3.22. The second-order valence-electron chi connectivity index (χ2n) is 7.51. The van der Waals surface area contributed by atoms with E-state index in [1.807, 2.05) is 13.0 Å². The van der Waals surface area contributed by atoms with Crippen LogP contribution in [0, 0.1) is 18.7 Å². The molecular formula is C20H22FN3O3. The van der Waals surface area contributed by atoms with Crippen molar-refractivity contribution >= 4 is 11.9 Å². The highest BCUT2D eigenvalue weighted by Gasteiger charge is 2.33. The lowest BCUT2D eigenvalue weighted by molar-refractivity contribution is -0.141. The molecule has 0 aliphatic heterocycles. The van der Waals surface area contributed by atoms with Crippen LogP contribution in [0.1, 0.15) is 53.0 Å². The van der Waals surface area contributed by atoms with Gasteiger partial charge < -0.3 is 10.4 Å². The fourth-order valence-electron chi connectivity index (χ4n) is 4.19. The molecule has 2 aliphatic rings. The molecule has 2 aromatic rings. The van der Waals surface area contributed by atoms with Gasteiger partial charge in [-0.1, -0.05) is 6.07 Å². The molecule has 2 N–H and O–H groups in total. The molecule has 1 aromatic carbocycles. The molecule has 142 valence electrons.